The van der Waals surface area contributed by atoms with E-state index in [9.17, 15) is 0 Å². The molecule has 0 atom stereocenters. The first-order chi connectivity index (χ1) is 8.65. The fourth-order valence-corrected chi connectivity index (χ4v) is 2.40. The Morgan fingerprint density at radius 3 is 2.78 bits per heavy atom. The van der Waals surface area contributed by atoms with Crippen LogP contribution >= 0.6 is 0 Å². The minimum Gasteiger partial charge on any atom is -0.330 e. The van der Waals surface area contributed by atoms with Gasteiger partial charge in [-0.1, -0.05) is 25.5 Å². The number of hydrogen-bond acceptors (Lipinski definition) is 2. The highest BCUT2D eigenvalue weighted by atomic mass is 15.0. The molecule has 3 heteroatoms. The number of hydrogen-bond donors (Lipinski definition) is 0. The number of aryl methyl sites for hydroxylation is 1. The van der Waals surface area contributed by atoms with Gasteiger partial charge in [0.25, 0.3) is 0 Å². The normalized spacial score (nSPS) is 11.8. The summed E-state index contributed by atoms with van der Waals surface area (Å²) >= 11 is 0. The van der Waals surface area contributed by atoms with Crippen LogP contribution in [0.5, 0.6) is 0 Å². The molecule has 0 aliphatic heterocycles. The van der Waals surface area contributed by atoms with Gasteiger partial charge in [0.2, 0.25) is 0 Å². The van der Waals surface area contributed by atoms with Gasteiger partial charge < -0.3 is 4.57 Å². The Hall–Kier alpha value is -1.90. The molecule has 3 aromatic rings. The van der Waals surface area contributed by atoms with Gasteiger partial charge >= 0.3 is 0 Å². The van der Waals surface area contributed by atoms with Crippen LogP contribution in [0.4, 0.5) is 0 Å². The number of pyridine rings is 1. The zero-order chi connectivity index (χ0) is 12.7. The lowest BCUT2D eigenvalue weighted by Crippen LogP contribution is -2.03. The number of fused-ring (bicyclic) bond motifs is 3. The Morgan fingerprint density at radius 1 is 1.17 bits per heavy atom. The zero-order valence-corrected chi connectivity index (χ0v) is 11.0. The molecule has 0 saturated heterocycles. The van der Waals surface area contributed by atoms with Gasteiger partial charge in [0.15, 0.2) is 0 Å². The van der Waals surface area contributed by atoms with Gasteiger partial charge in [-0.3, -0.25) is 4.98 Å². The van der Waals surface area contributed by atoms with Crippen LogP contribution in [0.3, 0.4) is 0 Å². The van der Waals surface area contributed by atoms with Crippen LogP contribution in [-0.4, -0.2) is 14.5 Å². The maximum Gasteiger partial charge on any atom is 0.107 e. The summed E-state index contributed by atoms with van der Waals surface area (Å²) in [5, 5.41) is 1.20. The van der Waals surface area contributed by atoms with Crippen molar-refractivity contribution in [3.63, 3.8) is 0 Å². The monoisotopic (exact) mass is 239 g/mol. The van der Waals surface area contributed by atoms with E-state index in [0.29, 0.717) is 5.92 Å². The van der Waals surface area contributed by atoms with Gasteiger partial charge in [0.1, 0.15) is 5.52 Å². The van der Waals surface area contributed by atoms with Crippen molar-refractivity contribution in [1.82, 2.24) is 14.5 Å². The lowest BCUT2D eigenvalue weighted by atomic mass is 10.1. The lowest BCUT2D eigenvalue weighted by Gasteiger charge is -2.09. The first-order valence-corrected chi connectivity index (χ1v) is 6.35. The van der Waals surface area contributed by atoms with E-state index in [1.807, 2.05) is 12.5 Å². The topological polar surface area (TPSA) is 30.7 Å². The Kier molecular flexibility index (Phi) is 2.54. The van der Waals surface area contributed by atoms with Crippen molar-refractivity contribution in [1.29, 1.82) is 0 Å². The van der Waals surface area contributed by atoms with Crippen molar-refractivity contribution < 1.29 is 0 Å². The summed E-state index contributed by atoms with van der Waals surface area (Å²) in [6.45, 7) is 7.55. The molecule has 0 amide bonds. The quantitative estimate of drug-likeness (QED) is 0.684. The molecular formula is C15H17N3. The minimum atomic E-state index is 0.607. The summed E-state index contributed by atoms with van der Waals surface area (Å²) < 4.78 is 2.24. The Morgan fingerprint density at radius 2 is 2.00 bits per heavy atom. The highest BCUT2D eigenvalue weighted by Gasteiger charge is 2.09. The molecule has 3 rings (SSSR count). The van der Waals surface area contributed by atoms with Crippen molar-refractivity contribution in [3.8, 4) is 0 Å². The lowest BCUT2D eigenvalue weighted by molar-refractivity contribution is 0.533. The molecule has 18 heavy (non-hydrogen) atoms. The van der Waals surface area contributed by atoms with Crippen LogP contribution < -0.4 is 0 Å². The van der Waals surface area contributed by atoms with Crippen molar-refractivity contribution in [3.05, 3.63) is 36.3 Å². The maximum atomic E-state index is 4.47. The van der Waals surface area contributed by atoms with E-state index >= 15 is 0 Å². The molecule has 0 saturated carbocycles. The molecule has 3 nitrogen and oxygen atoms in total. The van der Waals surface area contributed by atoms with Crippen LogP contribution in [0, 0.1) is 12.8 Å². The van der Waals surface area contributed by atoms with Gasteiger partial charge in [-0.25, -0.2) is 4.98 Å². The average Bonchev–Trinajstić information content (AvgIpc) is 2.72. The Bertz CT molecular complexity index is 710. The van der Waals surface area contributed by atoms with Crippen molar-refractivity contribution >= 4 is 21.9 Å². The molecule has 0 fully saturated rings. The minimum absolute atomic E-state index is 0.607. The molecule has 1 aromatic carbocycles. The van der Waals surface area contributed by atoms with Crippen molar-refractivity contribution in [2.24, 2.45) is 5.92 Å². The number of nitrogens with zero attached hydrogens (tertiary/aromatic N) is 3. The fraction of sp³-hybridized carbons (Fsp3) is 0.333. The smallest absolute Gasteiger partial charge is 0.107 e. The summed E-state index contributed by atoms with van der Waals surface area (Å²) in [6.07, 6.45) is 3.79. The number of aromatic nitrogens is 3. The van der Waals surface area contributed by atoms with E-state index in [4.69, 9.17) is 0 Å². The van der Waals surface area contributed by atoms with E-state index in [-0.39, 0.29) is 0 Å². The van der Waals surface area contributed by atoms with Crippen molar-refractivity contribution in [2.45, 2.75) is 27.3 Å². The number of benzene rings is 1. The summed E-state index contributed by atoms with van der Waals surface area (Å²) in [7, 11) is 0. The summed E-state index contributed by atoms with van der Waals surface area (Å²) in [6, 6.07) is 6.38. The number of rotatable bonds is 2. The van der Waals surface area contributed by atoms with Gasteiger partial charge in [0.05, 0.1) is 23.6 Å². The van der Waals surface area contributed by atoms with E-state index < -0.39 is 0 Å². The highest BCUT2D eigenvalue weighted by Crippen LogP contribution is 2.24. The molecule has 0 aliphatic carbocycles. The summed E-state index contributed by atoms with van der Waals surface area (Å²) in [5.41, 5.74) is 4.49. The third kappa shape index (κ3) is 1.76. The maximum absolute atomic E-state index is 4.47. The van der Waals surface area contributed by atoms with Crippen LogP contribution in [0.15, 0.2) is 30.7 Å². The van der Waals surface area contributed by atoms with Crippen LogP contribution in [0.25, 0.3) is 21.9 Å². The Balaban J connectivity index is 2.35. The third-order valence-electron chi connectivity index (χ3n) is 3.16. The molecule has 0 spiro atoms. The van der Waals surface area contributed by atoms with E-state index in [1.165, 1.54) is 16.5 Å². The van der Waals surface area contributed by atoms with Gasteiger partial charge in [0, 0.05) is 11.9 Å². The average molecular weight is 239 g/mol. The molecular weight excluding hydrogens is 222 g/mol. The SMILES string of the molecule is Cc1ccc2ncc3ncn(CC(C)C)c3c2c1. The first kappa shape index (κ1) is 11.2. The largest absolute Gasteiger partial charge is 0.330 e. The Labute approximate surface area is 106 Å². The second-order valence-electron chi connectivity index (χ2n) is 5.30. The van der Waals surface area contributed by atoms with E-state index in [2.05, 4.69) is 53.5 Å². The predicted molar refractivity (Wildman–Crippen MR) is 74.6 cm³/mol. The van der Waals surface area contributed by atoms with Crippen LogP contribution in [0.1, 0.15) is 19.4 Å². The van der Waals surface area contributed by atoms with Gasteiger partial charge in [-0.05, 0) is 25.0 Å². The molecule has 0 aliphatic rings. The summed E-state index contributed by atoms with van der Waals surface area (Å²) in [4.78, 5) is 8.92. The first-order valence-electron chi connectivity index (χ1n) is 6.35. The van der Waals surface area contributed by atoms with Crippen LogP contribution in [-0.2, 0) is 6.54 Å². The third-order valence-corrected chi connectivity index (χ3v) is 3.16. The van der Waals surface area contributed by atoms with Gasteiger partial charge in [-0.2, -0.15) is 0 Å². The number of imidazole rings is 1. The van der Waals surface area contributed by atoms with E-state index in [1.54, 1.807) is 0 Å². The molecule has 0 unspecified atom stereocenters. The van der Waals surface area contributed by atoms with Crippen molar-refractivity contribution in [2.75, 3.05) is 0 Å². The fourth-order valence-electron chi connectivity index (χ4n) is 2.40. The summed E-state index contributed by atoms with van der Waals surface area (Å²) in [5.74, 6) is 0.607. The molecule has 0 bridgehead atoms. The second kappa shape index (κ2) is 4.09. The van der Waals surface area contributed by atoms with E-state index in [0.717, 1.165) is 17.6 Å². The standard InChI is InChI=1S/C15H17N3/c1-10(2)8-18-9-17-14-7-16-13-5-4-11(3)6-12(13)15(14)18/h4-7,9-10H,8H2,1-3H3. The molecule has 2 heterocycles. The zero-order valence-electron chi connectivity index (χ0n) is 11.0. The predicted octanol–water partition coefficient (Wildman–Crippen LogP) is 3.55. The van der Waals surface area contributed by atoms with Crippen LogP contribution in [0.2, 0.25) is 0 Å². The molecule has 2 aromatic heterocycles. The van der Waals surface area contributed by atoms with Gasteiger partial charge in [-0.15, -0.1) is 0 Å². The molecule has 92 valence electrons. The second-order valence-corrected chi connectivity index (χ2v) is 5.30. The molecule has 0 N–H and O–H groups in total. The highest BCUT2D eigenvalue weighted by molar-refractivity contribution is 6.02. The molecule has 0 radical (unpaired) electrons.